The van der Waals surface area contributed by atoms with Crippen molar-refractivity contribution in [2.24, 2.45) is 0 Å². The molecule has 1 aliphatic heterocycles. The molecule has 22 heavy (non-hydrogen) atoms. The monoisotopic (exact) mass is 360 g/mol. The molecule has 126 valence electrons. The molecular weight excluding hydrogens is 343 g/mol. The molecule has 0 spiro atoms. The maximum absolute atomic E-state index is 14.1. The molecule has 0 aromatic heterocycles. The summed E-state index contributed by atoms with van der Waals surface area (Å²) in [6, 6.07) is 1.57. The third kappa shape index (κ3) is 4.72. The first-order valence-electron chi connectivity index (χ1n) is 6.75. The van der Waals surface area contributed by atoms with Gasteiger partial charge in [0.2, 0.25) is 0 Å². The van der Waals surface area contributed by atoms with Crippen LogP contribution in [0.15, 0.2) is 12.1 Å². The Morgan fingerprint density at radius 3 is 2.41 bits per heavy atom. The zero-order valence-corrected chi connectivity index (χ0v) is 13.6. The van der Waals surface area contributed by atoms with Crippen molar-refractivity contribution in [2.45, 2.75) is 25.6 Å². The summed E-state index contributed by atoms with van der Waals surface area (Å²) in [5.41, 5.74) is 0.534. The highest BCUT2D eigenvalue weighted by Gasteiger charge is 2.38. The van der Waals surface area contributed by atoms with E-state index < -0.39 is 24.5 Å². The number of benzene rings is 1. The van der Waals surface area contributed by atoms with Gasteiger partial charge < -0.3 is 5.32 Å². The summed E-state index contributed by atoms with van der Waals surface area (Å²) in [6.07, 6.45) is -5.48. The van der Waals surface area contributed by atoms with Gasteiger partial charge in [-0.05, 0) is 18.6 Å². The fraction of sp³-hybridized carbons (Fsp3) is 0.571. The second kappa shape index (κ2) is 7.81. The number of piperazine rings is 1. The number of alkyl halides is 3. The number of aryl methyl sites for hydroxylation is 1. The molecule has 0 radical (unpaired) electrons. The highest BCUT2D eigenvalue weighted by Crippen LogP contribution is 2.39. The van der Waals surface area contributed by atoms with E-state index in [1.54, 1.807) is 11.8 Å². The molecule has 1 N–H and O–H groups in total. The highest BCUT2D eigenvalue weighted by molar-refractivity contribution is 6.32. The molecule has 1 heterocycles. The van der Waals surface area contributed by atoms with Crippen LogP contribution in [0.25, 0.3) is 0 Å². The quantitative estimate of drug-likeness (QED) is 0.816. The average molecular weight is 361 g/mol. The normalized spacial score (nSPS) is 17.9. The van der Waals surface area contributed by atoms with E-state index in [4.69, 9.17) is 11.6 Å². The van der Waals surface area contributed by atoms with Crippen LogP contribution in [0.5, 0.6) is 0 Å². The van der Waals surface area contributed by atoms with Crippen LogP contribution >= 0.6 is 24.0 Å². The zero-order valence-electron chi connectivity index (χ0n) is 12.0. The van der Waals surface area contributed by atoms with Crippen molar-refractivity contribution in [3.05, 3.63) is 34.1 Å². The molecule has 1 aromatic carbocycles. The van der Waals surface area contributed by atoms with E-state index in [-0.39, 0.29) is 23.0 Å². The van der Waals surface area contributed by atoms with E-state index in [1.807, 2.05) is 0 Å². The minimum atomic E-state index is -4.38. The summed E-state index contributed by atoms with van der Waals surface area (Å²) in [5, 5.41) is 3.16. The van der Waals surface area contributed by atoms with E-state index in [0.717, 1.165) is 0 Å². The van der Waals surface area contributed by atoms with Crippen molar-refractivity contribution in [1.82, 2.24) is 10.2 Å². The topological polar surface area (TPSA) is 15.3 Å². The van der Waals surface area contributed by atoms with E-state index in [0.29, 0.717) is 31.7 Å². The van der Waals surface area contributed by atoms with Crippen molar-refractivity contribution < 1.29 is 17.6 Å². The molecule has 2 rings (SSSR count). The van der Waals surface area contributed by atoms with Gasteiger partial charge in [0.15, 0.2) is 0 Å². The van der Waals surface area contributed by atoms with Crippen molar-refractivity contribution in [3.8, 4) is 0 Å². The van der Waals surface area contributed by atoms with Crippen LogP contribution in [-0.4, -0.2) is 37.3 Å². The number of rotatable bonds is 3. The van der Waals surface area contributed by atoms with E-state index in [9.17, 15) is 17.6 Å². The van der Waals surface area contributed by atoms with Crippen molar-refractivity contribution >= 4 is 24.0 Å². The van der Waals surface area contributed by atoms with E-state index in [2.05, 4.69) is 5.32 Å². The van der Waals surface area contributed by atoms with Crippen LogP contribution in [0.3, 0.4) is 0 Å². The molecule has 1 atom stereocenters. The molecule has 1 fully saturated rings. The molecule has 0 aliphatic carbocycles. The molecule has 2 nitrogen and oxygen atoms in total. The van der Waals surface area contributed by atoms with Crippen LogP contribution < -0.4 is 5.32 Å². The predicted octanol–water partition coefficient (Wildman–Crippen LogP) is 4.11. The minimum absolute atomic E-state index is 0. The maximum Gasteiger partial charge on any atom is 0.390 e. The van der Waals surface area contributed by atoms with E-state index in [1.165, 1.54) is 12.1 Å². The van der Waals surface area contributed by atoms with Crippen LogP contribution in [-0.2, 0) is 0 Å². The maximum atomic E-state index is 14.1. The Morgan fingerprint density at radius 1 is 1.27 bits per heavy atom. The van der Waals surface area contributed by atoms with Gasteiger partial charge in [0, 0.05) is 37.8 Å². The number of halogens is 6. The first-order valence-corrected chi connectivity index (χ1v) is 7.13. The van der Waals surface area contributed by atoms with Gasteiger partial charge in [0.05, 0.1) is 11.4 Å². The lowest BCUT2D eigenvalue weighted by Crippen LogP contribution is -2.46. The Morgan fingerprint density at radius 2 is 1.86 bits per heavy atom. The van der Waals surface area contributed by atoms with Crippen LogP contribution in [0.4, 0.5) is 17.6 Å². The number of nitrogens with zero attached hydrogens (tertiary/aromatic N) is 1. The summed E-state index contributed by atoms with van der Waals surface area (Å²) in [6.45, 7) is 3.70. The first-order chi connectivity index (χ1) is 9.79. The molecule has 0 amide bonds. The molecular formula is C14H18Cl2F4N2. The van der Waals surface area contributed by atoms with Gasteiger partial charge in [-0.15, -0.1) is 12.4 Å². The third-order valence-corrected chi connectivity index (χ3v) is 4.17. The van der Waals surface area contributed by atoms with Crippen LogP contribution in [0.1, 0.15) is 23.6 Å². The molecule has 0 bridgehead atoms. The highest BCUT2D eigenvalue weighted by atomic mass is 35.5. The van der Waals surface area contributed by atoms with Crippen molar-refractivity contribution in [3.63, 3.8) is 0 Å². The zero-order chi connectivity index (χ0) is 15.6. The fourth-order valence-corrected chi connectivity index (χ4v) is 2.89. The van der Waals surface area contributed by atoms with Gasteiger partial charge in [-0.25, -0.2) is 4.39 Å². The summed E-state index contributed by atoms with van der Waals surface area (Å²) < 4.78 is 52.8. The van der Waals surface area contributed by atoms with Crippen LogP contribution in [0, 0.1) is 12.7 Å². The molecule has 1 aliphatic rings. The summed E-state index contributed by atoms with van der Waals surface area (Å²) >= 11 is 6.09. The molecule has 8 heteroatoms. The van der Waals surface area contributed by atoms with Gasteiger partial charge in [-0.3, -0.25) is 4.90 Å². The average Bonchev–Trinajstić information content (AvgIpc) is 2.42. The van der Waals surface area contributed by atoms with Gasteiger partial charge in [0.1, 0.15) is 5.82 Å². The van der Waals surface area contributed by atoms with Crippen LogP contribution in [0.2, 0.25) is 5.02 Å². The van der Waals surface area contributed by atoms with E-state index >= 15 is 0 Å². The molecule has 1 saturated heterocycles. The fourth-order valence-electron chi connectivity index (χ4n) is 2.61. The lowest BCUT2D eigenvalue weighted by atomic mass is 9.98. The summed E-state index contributed by atoms with van der Waals surface area (Å²) in [5.74, 6) is -0.682. The Hall–Kier alpha value is -0.560. The van der Waals surface area contributed by atoms with Gasteiger partial charge in [-0.2, -0.15) is 13.2 Å². The third-order valence-electron chi connectivity index (χ3n) is 3.67. The van der Waals surface area contributed by atoms with Crippen molar-refractivity contribution in [2.75, 3.05) is 26.2 Å². The minimum Gasteiger partial charge on any atom is -0.314 e. The largest absolute Gasteiger partial charge is 0.390 e. The standard InChI is InChI=1S/C14H17ClF4N2.ClH/c1-9-2-3-10(16)12(13(9)15)11(8-14(17,18)19)21-6-4-20-5-7-21;/h2-3,11,20H,4-8H2,1H3;1H/t11-;/m1./s1. The predicted molar refractivity (Wildman–Crippen MR) is 81.3 cm³/mol. The molecule has 1 aromatic rings. The summed E-state index contributed by atoms with van der Waals surface area (Å²) in [7, 11) is 0. The molecule has 0 saturated carbocycles. The van der Waals surface area contributed by atoms with Gasteiger partial charge in [-0.1, -0.05) is 17.7 Å². The van der Waals surface area contributed by atoms with Crippen molar-refractivity contribution in [1.29, 1.82) is 0 Å². The number of nitrogens with one attached hydrogen (secondary N) is 1. The Bertz CT molecular complexity index is 502. The Labute approximate surface area is 138 Å². The second-order valence-corrected chi connectivity index (χ2v) is 5.59. The lowest BCUT2D eigenvalue weighted by Gasteiger charge is -2.36. The summed E-state index contributed by atoms with van der Waals surface area (Å²) in [4.78, 5) is 1.65. The molecule has 0 unspecified atom stereocenters. The Kier molecular flexibility index (Phi) is 6.92. The second-order valence-electron chi connectivity index (χ2n) is 5.21. The smallest absolute Gasteiger partial charge is 0.314 e. The SMILES string of the molecule is Cc1ccc(F)c([C@@H](CC(F)(F)F)N2CCNCC2)c1Cl.Cl. The lowest BCUT2D eigenvalue weighted by molar-refractivity contribution is -0.149. The number of hydrogen-bond donors (Lipinski definition) is 1. The van der Waals surface area contributed by atoms with Gasteiger partial charge in [0.25, 0.3) is 0 Å². The Balaban J connectivity index is 0.00000242. The first kappa shape index (κ1) is 19.5. The van der Waals surface area contributed by atoms with Gasteiger partial charge >= 0.3 is 6.18 Å². The number of hydrogen-bond acceptors (Lipinski definition) is 2.